The summed E-state index contributed by atoms with van der Waals surface area (Å²) in [5.74, 6) is -0.276. The van der Waals surface area contributed by atoms with Crippen LogP contribution >= 0.6 is 23.4 Å². The van der Waals surface area contributed by atoms with Crippen molar-refractivity contribution >= 4 is 63.4 Å². The van der Waals surface area contributed by atoms with Gasteiger partial charge in [-0.25, -0.2) is 0 Å². The van der Waals surface area contributed by atoms with E-state index in [1.165, 1.54) is 11.8 Å². The maximum atomic E-state index is 12.4. The number of aromatic nitrogens is 1. The third-order valence-electron chi connectivity index (χ3n) is 4.40. The molecule has 0 aliphatic carbocycles. The molecule has 6 nitrogen and oxygen atoms in total. The van der Waals surface area contributed by atoms with Gasteiger partial charge < -0.3 is 10.2 Å². The number of anilines is 1. The molecule has 0 unspecified atom stereocenters. The van der Waals surface area contributed by atoms with Gasteiger partial charge in [-0.1, -0.05) is 29.8 Å². The summed E-state index contributed by atoms with van der Waals surface area (Å²) in [5, 5.41) is 5.24. The minimum atomic E-state index is -0.276. The summed E-state index contributed by atoms with van der Waals surface area (Å²) >= 11 is 7.63. The van der Waals surface area contributed by atoms with Crippen LogP contribution in [-0.4, -0.2) is 41.4 Å². The quantitative estimate of drug-likeness (QED) is 0.335. The number of nitrogens with one attached hydrogen (secondary N) is 1. The van der Waals surface area contributed by atoms with Gasteiger partial charge >= 0.3 is 0 Å². The highest BCUT2D eigenvalue weighted by atomic mass is 35.5. The Hall–Kier alpha value is -3.16. The molecule has 8 heteroatoms. The Kier molecular flexibility index (Phi) is 6.34. The number of amides is 1. The fourth-order valence-corrected chi connectivity index (χ4v) is 3.98. The van der Waals surface area contributed by atoms with Crippen molar-refractivity contribution in [2.75, 3.05) is 19.4 Å². The van der Waals surface area contributed by atoms with Crippen molar-refractivity contribution in [1.82, 2.24) is 9.88 Å². The number of hydrogen-bond acceptors (Lipinski definition) is 5. The molecule has 1 amide bonds. The second-order valence-electron chi connectivity index (χ2n) is 7.15. The van der Waals surface area contributed by atoms with E-state index in [-0.39, 0.29) is 5.91 Å². The average Bonchev–Trinajstić information content (AvgIpc) is 3.08. The van der Waals surface area contributed by atoms with Crippen LogP contribution in [0.1, 0.15) is 11.1 Å². The van der Waals surface area contributed by atoms with Gasteiger partial charge in [0, 0.05) is 25.7 Å². The molecule has 1 N–H and O–H groups in total. The number of halogens is 1. The van der Waals surface area contributed by atoms with Gasteiger partial charge in [-0.3, -0.25) is 14.8 Å². The lowest BCUT2D eigenvalue weighted by atomic mass is 10.1. The summed E-state index contributed by atoms with van der Waals surface area (Å²) in [5.41, 5.74) is 3.53. The molecule has 156 valence electrons. The third kappa shape index (κ3) is 5.31. The molecule has 0 saturated carbocycles. The number of aliphatic imine (C=N–C) groups is 2. The summed E-state index contributed by atoms with van der Waals surface area (Å²) in [6.07, 6.45) is 5.36. The Morgan fingerprint density at radius 3 is 2.90 bits per heavy atom. The van der Waals surface area contributed by atoms with Crippen LogP contribution in [0.5, 0.6) is 0 Å². The zero-order chi connectivity index (χ0) is 21.8. The maximum absolute atomic E-state index is 12.4. The summed E-state index contributed by atoms with van der Waals surface area (Å²) in [4.78, 5) is 27.7. The zero-order valence-electron chi connectivity index (χ0n) is 17.0. The van der Waals surface area contributed by atoms with Crippen LogP contribution in [0, 0.1) is 0 Å². The lowest BCUT2D eigenvalue weighted by Gasteiger charge is -2.09. The Morgan fingerprint density at radius 2 is 2.06 bits per heavy atom. The summed E-state index contributed by atoms with van der Waals surface area (Å²) in [6.45, 7) is 0.532. The van der Waals surface area contributed by atoms with Gasteiger partial charge in [0.05, 0.1) is 34.0 Å². The second kappa shape index (κ2) is 9.32. The first kappa shape index (κ1) is 21.1. The fraction of sp³-hybridized carbons (Fsp3) is 0.130. The molecule has 1 aliphatic rings. The van der Waals surface area contributed by atoms with Crippen LogP contribution < -0.4 is 5.32 Å². The van der Waals surface area contributed by atoms with Crippen LogP contribution in [0.3, 0.4) is 0 Å². The topological polar surface area (TPSA) is 69.9 Å². The minimum Gasteiger partial charge on any atom is -0.369 e. The SMILES string of the molecule is CN(C)C=NCc1ccc(Cl)c(NC2=NC(=O)C(=Cc3ccc4ncccc4c3)S2)c1. The van der Waals surface area contributed by atoms with Gasteiger partial charge in [0.1, 0.15) is 0 Å². The van der Waals surface area contributed by atoms with Gasteiger partial charge in [0.25, 0.3) is 5.91 Å². The lowest BCUT2D eigenvalue weighted by molar-refractivity contribution is -0.113. The number of hydrogen-bond donors (Lipinski definition) is 1. The molecule has 0 bridgehead atoms. The molecule has 4 rings (SSSR count). The van der Waals surface area contributed by atoms with Crippen molar-refractivity contribution in [3.05, 3.63) is 75.8 Å². The first-order valence-electron chi connectivity index (χ1n) is 9.57. The molecule has 1 aromatic heterocycles. The molecule has 2 aromatic carbocycles. The van der Waals surface area contributed by atoms with Gasteiger partial charge in [-0.2, -0.15) is 4.99 Å². The Bertz CT molecular complexity index is 1240. The van der Waals surface area contributed by atoms with E-state index >= 15 is 0 Å². The van der Waals surface area contributed by atoms with Crippen LogP contribution in [0.4, 0.5) is 5.69 Å². The number of nitrogens with zero attached hydrogens (tertiary/aromatic N) is 4. The van der Waals surface area contributed by atoms with Crippen LogP contribution in [-0.2, 0) is 11.3 Å². The predicted octanol–water partition coefficient (Wildman–Crippen LogP) is 5.06. The number of rotatable bonds is 5. The van der Waals surface area contributed by atoms with Crippen LogP contribution in [0.15, 0.2) is 69.6 Å². The number of pyridine rings is 1. The minimum absolute atomic E-state index is 0.276. The van der Waals surface area contributed by atoms with Crippen molar-refractivity contribution in [3.63, 3.8) is 0 Å². The number of amidine groups is 1. The van der Waals surface area contributed by atoms with E-state index in [1.54, 1.807) is 12.5 Å². The highest BCUT2D eigenvalue weighted by molar-refractivity contribution is 8.18. The molecule has 0 spiro atoms. The average molecular weight is 450 g/mol. The third-order valence-corrected chi connectivity index (χ3v) is 5.63. The van der Waals surface area contributed by atoms with E-state index < -0.39 is 0 Å². The molecule has 3 aromatic rings. The van der Waals surface area contributed by atoms with Gasteiger partial charge in [-0.05, 0) is 59.3 Å². The molecule has 31 heavy (non-hydrogen) atoms. The van der Waals surface area contributed by atoms with E-state index in [9.17, 15) is 4.79 Å². The number of fused-ring (bicyclic) bond motifs is 1. The predicted molar refractivity (Wildman–Crippen MR) is 131 cm³/mol. The number of thioether (sulfide) groups is 1. The van der Waals surface area contributed by atoms with Gasteiger partial charge in [0.2, 0.25) is 0 Å². The summed E-state index contributed by atoms with van der Waals surface area (Å²) < 4.78 is 0. The first-order chi connectivity index (χ1) is 15.0. The Labute approximate surface area is 189 Å². The van der Waals surface area contributed by atoms with Crippen molar-refractivity contribution in [2.45, 2.75) is 6.54 Å². The largest absolute Gasteiger partial charge is 0.369 e. The van der Waals surface area contributed by atoms with Gasteiger partial charge in [-0.15, -0.1) is 0 Å². The Balaban J connectivity index is 1.49. The maximum Gasteiger partial charge on any atom is 0.286 e. The second-order valence-corrected chi connectivity index (χ2v) is 8.59. The zero-order valence-corrected chi connectivity index (χ0v) is 18.6. The monoisotopic (exact) mass is 449 g/mol. The summed E-state index contributed by atoms with van der Waals surface area (Å²) in [6, 6.07) is 15.4. The van der Waals surface area contributed by atoms with E-state index in [0.717, 1.165) is 22.0 Å². The summed E-state index contributed by atoms with van der Waals surface area (Å²) in [7, 11) is 3.84. The molecule has 0 atom stereocenters. The number of carbonyl (C=O) groups is 1. The van der Waals surface area contributed by atoms with Crippen molar-refractivity contribution < 1.29 is 4.79 Å². The van der Waals surface area contributed by atoms with Crippen molar-refractivity contribution in [3.8, 4) is 0 Å². The molecule has 1 aliphatic heterocycles. The van der Waals surface area contributed by atoms with E-state index in [4.69, 9.17) is 11.6 Å². The Morgan fingerprint density at radius 1 is 1.19 bits per heavy atom. The first-order valence-corrected chi connectivity index (χ1v) is 10.8. The standard InChI is InChI=1S/C23H20ClN5OS/c1-29(2)14-25-13-16-5-7-18(24)20(11-16)27-23-28-22(30)21(31-23)12-15-6-8-19-17(10-15)4-3-9-26-19/h3-12,14H,13H2,1-2H3,(H,27,28,30). The number of benzene rings is 2. The molecule has 0 saturated heterocycles. The number of carbonyl (C=O) groups excluding carboxylic acids is 1. The normalized spacial score (nSPS) is 15.1. The molecule has 2 heterocycles. The molecule has 0 fully saturated rings. The molecular formula is C23H20ClN5OS. The molecular weight excluding hydrogens is 430 g/mol. The smallest absolute Gasteiger partial charge is 0.286 e. The van der Waals surface area contributed by atoms with Crippen molar-refractivity contribution in [2.24, 2.45) is 9.98 Å². The highest BCUT2D eigenvalue weighted by Crippen LogP contribution is 2.32. The van der Waals surface area contributed by atoms with E-state index in [2.05, 4.69) is 20.3 Å². The fourth-order valence-electron chi connectivity index (χ4n) is 2.99. The van der Waals surface area contributed by atoms with Gasteiger partial charge in [0.15, 0.2) is 5.17 Å². The van der Waals surface area contributed by atoms with Crippen LogP contribution in [0.25, 0.3) is 17.0 Å². The highest BCUT2D eigenvalue weighted by Gasteiger charge is 2.22. The van der Waals surface area contributed by atoms with E-state index in [0.29, 0.717) is 27.3 Å². The van der Waals surface area contributed by atoms with E-state index in [1.807, 2.05) is 73.6 Å². The molecule has 0 radical (unpaired) electrons. The lowest BCUT2D eigenvalue weighted by Crippen LogP contribution is -2.08. The van der Waals surface area contributed by atoms with Crippen LogP contribution in [0.2, 0.25) is 5.02 Å². The van der Waals surface area contributed by atoms with Crippen molar-refractivity contribution in [1.29, 1.82) is 0 Å².